The summed E-state index contributed by atoms with van der Waals surface area (Å²) < 4.78 is 0. The van der Waals surface area contributed by atoms with Crippen molar-refractivity contribution >= 4 is 11.8 Å². The Hall–Kier alpha value is -1.47. The molecule has 0 bridgehead atoms. The molecule has 0 nitrogen and oxygen atoms in total. The van der Waals surface area contributed by atoms with Gasteiger partial charge in [0.1, 0.15) is 0 Å². The van der Waals surface area contributed by atoms with Gasteiger partial charge in [-0.2, -0.15) is 0 Å². The highest BCUT2D eigenvalue weighted by molar-refractivity contribution is 8.04. The lowest BCUT2D eigenvalue weighted by Gasteiger charge is -2.17. The topological polar surface area (TPSA) is 0 Å². The van der Waals surface area contributed by atoms with Crippen LogP contribution in [0, 0.1) is 0 Å². The van der Waals surface area contributed by atoms with Gasteiger partial charge in [-0.3, -0.25) is 0 Å². The highest BCUT2D eigenvalue weighted by atomic mass is 32.2. The number of rotatable bonds is 7. The van der Waals surface area contributed by atoms with E-state index in [-0.39, 0.29) is 0 Å². The first-order valence-corrected chi connectivity index (χ1v) is 7.81. The zero-order chi connectivity index (χ0) is 15.0. The molecule has 1 heteroatoms. The first kappa shape index (κ1) is 16.6. The summed E-state index contributed by atoms with van der Waals surface area (Å²) in [5.74, 6) is 0. The highest BCUT2D eigenvalue weighted by Gasteiger charge is 2.10. The Labute approximate surface area is 128 Å². The Balaban J connectivity index is 2.66. The molecule has 106 valence electrons. The van der Waals surface area contributed by atoms with E-state index in [1.54, 1.807) is 17.8 Å². The molecule has 0 radical (unpaired) electrons. The molecule has 0 aliphatic heterocycles. The van der Waals surface area contributed by atoms with Gasteiger partial charge in [0.25, 0.3) is 0 Å². The van der Waals surface area contributed by atoms with E-state index in [9.17, 15) is 0 Å². The van der Waals surface area contributed by atoms with Crippen LogP contribution in [0.2, 0.25) is 0 Å². The molecule has 20 heavy (non-hydrogen) atoms. The second-order valence-corrected chi connectivity index (χ2v) is 5.91. The average Bonchev–Trinajstić information content (AvgIpc) is 2.43. The fourth-order valence-corrected chi connectivity index (χ4v) is 2.66. The Morgan fingerprint density at radius 1 is 1.25 bits per heavy atom. The molecule has 1 aliphatic carbocycles. The largest absolute Gasteiger partial charge is 0.106 e. The maximum atomic E-state index is 4.22. The fourth-order valence-electron chi connectivity index (χ4n) is 2.03. The first-order chi connectivity index (χ1) is 9.54. The molecule has 0 fully saturated rings. The third-order valence-corrected chi connectivity index (χ3v) is 3.97. The van der Waals surface area contributed by atoms with Crippen molar-refractivity contribution in [3.63, 3.8) is 0 Å². The summed E-state index contributed by atoms with van der Waals surface area (Å²) in [6.07, 6.45) is 11.4. The van der Waals surface area contributed by atoms with E-state index in [4.69, 9.17) is 0 Å². The Morgan fingerprint density at radius 2 is 2.00 bits per heavy atom. The van der Waals surface area contributed by atoms with Crippen molar-refractivity contribution in [2.45, 2.75) is 33.1 Å². The molecule has 0 saturated heterocycles. The Bertz CT molecular complexity index is 510. The van der Waals surface area contributed by atoms with E-state index >= 15 is 0 Å². The molecule has 0 aromatic rings. The van der Waals surface area contributed by atoms with E-state index in [0.717, 1.165) is 24.8 Å². The summed E-state index contributed by atoms with van der Waals surface area (Å²) in [6, 6.07) is 0. The summed E-state index contributed by atoms with van der Waals surface area (Å²) in [5.41, 5.74) is 6.42. The monoisotopic (exact) mass is 284 g/mol. The van der Waals surface area contributed by atoms with Crippen molar-refractivity contribution in [2.24, 2.45) is 0 Å². The van der Waals surface area contributed by atoms with Gasteiger partial charge < -0.3 is 0 Å². The van der Waals surface area contributed by atoms with Gasteiger partial charge in [-0.1, -0.05) is 55.2 Å². The predicted molar refractivity (Wildman–Crippen MR) is 94.7 cm³/mol. The smallest absolute Gasteiger partial charge is 0.0111 e. The van der Waals surface area contributed by atoms with E-state index in [1.165, 1.54) is 22.3 Å². The van der Waals surface area contributed by atoms with Gasteiger partial charge in [0, 0.05) is 0 Å². The third kappa shape index (κ3) is 5.66. The number of thioether (sulfide) groups is 1. The fraction of sp³-hybridized carbons (Fsp3) is 0.263. The van der Waals surface area contributed by atoms with Crippen LogP contribution in [0.3, 0.4) is 0 Å². The van der Waals surface area contributed by atoms with Crippen LogP contribution in [0.25, 0.3) is 0 Å². The minimum Gasteiger partial charge on any atom is -0.106 e. The predicted octanol–water partition coefficient (Wildman–Crippen LogP) is 6.49. The minimum atomic E-state index is 1.02. The molecular formula is C19H24S. The van der Waals surface area contributed by atoms with E-state index < -0.39 is 0 Å². The van der Waals surface area contributed by atoms with Gasteiger partial charge >= 0.3 is 0 Å². The molecule has 0 N–H and O–H groups in total. The lowest BCUT2D eigenvalue weighted by molar-refractivity contribution is 0.873. The molecule has 1 rings (SSSR count). The Morgan fingerprint density at radius 3 is 2.55 bits per heavy atom. The summed E-state index contributed by atoms with van der Waals surface area (Å²) in [7, 11) is 0. The molecule has 0 aromatic carbocycles. The van der Waals surface area contributed by atoms with E-state index in [1.807, 2.05) is 11.5 Å². The van der Waals surface area contributed by atoms with Gasteiger partial charge in [-0.05, 0) is 60.6 Å². The van der Waals surface area contributed by atoms with Gasteiger partial charge in [-0.25, -0.2) is 0 Å². The molecule has 0 atom stereocenters. The van der Waals surface area contributed by atoms with Crippen LogP contribution in [-0.4, -0.2) is 0 Å². The number of hydrogen-bond acceptors (Lipinski definition) is 1. The van der Waals surface area contributed by atoms with Crippen molar-refractivity contribution in [3.8, 4) is 0 Å². The van der Waals surface area contributed by atoms with Crippen molar-refractivity contribution in [2.75, 3.05) is 0 Å². The quantitative estimate of drug-likeness (QED) is 0.380. The number of allylic oxidation sites excluding steroid dienone is 9. The van der Waals surface area contributed by atoms with E-state index in [2.05, 4.69) is 51.1 Å². The first-order valence-electron chi connectivity index (χ1n) is 6.87. The zero-order valence-corrected chi connectivity index (χ0v) is 13.4. The number of hydrogen-bond donors (Lipinski definition) is 0. The van der Waals surface area contributed by atoms with Gasteiger partial charge in [0.15, 0.2) is 0 Å². The normalized spacial score (nSPS) is 15.8. The maximum Gasteiger partial charge on any atom is -0.0111 e. The second-order valence-electron chi connectivity index (χ2n) is 5.13. The minimum absolute atomic E-state index is 1.02. The third-order valence-electron chi connectivity index (χ3n) is 3.17. The summed E-state index contributed by atoms with van der Waals surface area (Å²) in [6.45, 7) is 16.1. The van der Waals surface area contributed by atoms with Crippen LogP contribution in [0.5, 0.6) is 0 Å². The molecule has 0 saturated carbocycles. The van der Waals surface area contributed by atoms with Gasteiger partial charge in [0.05, 0.1) is 0 Å². The molecule has 0 aromatic heterocycles. The van der Waals surface area contributed by atoms with Crippen molar-refractivity contribution in [3.05, 3.63) is 82.7 Å². The average molecular weight is 284 g/mol. The summed E-state index contributed by atoms with van der Waals surface area (Å²) in [5, 5.41) is 4.15. The summed E-state index contributed by atoms with van der Waals surface area (Å²) >= 11 is 1.66. The lowest BCUT2D eigenvalue weighted by atomic mass is 9.89. The molecule has 0 heterocycles. The van der Waals surface area contributed by atoms with Crippen molar-refractivity contribution in [1.82, 2.24) is 0 Å². The Kier molecular flexibility index (Phi) is 7.17. The SMILES string of the molecule is C=C/C=C\S/C=C(\C)C(=C)C1=CC=C(CC(=C)C)CC1. The molecule has 0 spiro atoms. The van der Waals surface area contributed by atoms with Crippen LogP contribution in [0.4, 0.5) is 0 Å². The molecular weight excluding hydrogens is 260 g/mol. The zero-order valence-electron chi connectivity index (χ0n) is 12.6. The highest BCUT2D eigenvalue weighted by Crippen LogP contribution is 2.30. The van der Waals surface area contributed by atoms with Gasteiger partial charge in [-0.15, -0.1) is 11.8 Å². The van der Waals surface area contributed by atoms with Crippen LogP contribution < -0.4 is 0 Å². The molecule has 1 aliphatic rings. The standard InChI is InChI=1S/C19H24S/c1-6-7-12-20-14-16(4)17(5)19-10-8-18(9-11-19)13-15(2)3/h6-8,10,12,14H,1-2,5,9,11,13H2,3-4H3/b12-7-,16-14+. The van der Waals surface area contributed by atoms with Crippen LogP contribution >= 0.6 is 11.8 Å². The van der Waals surface area contributed by atoms with Crippen molar-refractivity contribution in [1.29, 1.82) is 0 Å². The van der Waals surface area contributed by atoms with Crippen molar-refractivity contribution < 1.29 is 0 Å². The maximum absolute atomic E-state index is 4.22. The molecule has 0 amide bonds. The molecule has 0 unspecified atom stereocenters. The van der Waals surface area contributed by atoms with Crippen LogP contribution in [-0.2, 0) is 0 Å². The van der Waals surface area contributed by atoms with Crippen LogP contribution in [0.15, 0.2) is 82.7 Å². The van der Waals surface area contributed by atoms with Crippen LogP contribution in [0.1, 0.15) is 33.1 Å². The van der Waals surface area contributed by atoms with Gasteiger partial charge in [0.2, 0.25) is 0 Å². The summed E-state index contributed by atoms with van der Waals surface area (Å²) in [4.78, 5) is 0. The lowest BCUT2D eigenvalue weighted by Crippen LogP contribution is -1.97. The van der Waals surface area contributed by atoms with E-state index in [0.29, 0.717) is 0 Å². The second kappa shape index (κ2) is 8.65.